The van der Waals surface area contributed by atoms with Crippen molar-refractivity contribution >= 4 is 44.3 Å². The molecule has 0 aliphatic heterocycles. The van der Waals surface area contributed by atoms with Gasteiger partial charge in [-0.2, -0.15) is 0 Å². The Bertz CT molecular complexity index is 1010. The zero-order valence-corrected chi connectivity index (χ0v) is 17.5. The van der Waals surface area contributed by atoms with Gasteiger partial charge in [0.15, 0.2) is 5.13 Å². The van der Waals surface area contributed by atoms with Crippen molar-refractivity contribution in [3.05, 3.63) is 62.8 Å². The molecule has 8 heteroatoms. The average Bonchev–Trinajstić information content (AvgIpc) is 3.18. The zero-order chi connectivity index (χ0) is 19.6. The zero-order valence-electron chi connectivity index (χ0n) is 15.1. The van der Waals surface area contributed by atoms with Gasteiger partial charge in [-0.05, 0) is 38.1 Å². The Hall–Kier alpha value is -2.45. The first-order valence-corrected chi connectivity index (χ1v) is 9.83. The molecule has 1 amide bonds. The minimum Gasteiger partial charge on any atom is -0.469 e. The summed E-state index contributed by atoms with van der Waals surface area (Å²) >= 11 is 4.76. The summed E-state index contributed by atoms with van der Waals surface area (Å²) in [6.45, 7) is 3.87. The van der Waals surface area contributed by atoms with E-state index >= 15 is 0 Å². The fraction of sp³-hybridized carbons (Fsp3) is 0.211. The van der Waals surface area contributed by atoms with E-state index in [4.69, 9.17) is 0 Å². The number of halogens is 1. The van der Waals surface area contributed by atoms with Gasteiger partial charge in [-0.25, -0.2) is 4.98 Å². The van der Waals surface area contributed by atoms with E-state index < -0.39 is 0 Å². The lowest BCUT2D eigenvalue weighted by molar-refractivity contribution is -0.139. The predicted octanol–water partition coefficient (Wildman–Crippen LogP) is 4.28. The normalized spacial score (nSPS) is 10.7. The highest BCUT2D eigenvalue weighted by Gasteiger charge is 2.18. The van der Waals surface area contributed by atoms with E-state index in [9.17, 15) is 9.59 Å². The van der Waals surface area contributed by atoms with Crippen LogP contribution in [0.25, 0.3) is 5.69 Å². The number of hydrogen-bond acceptors (Lipinski definition) is 5. The fourth-order valence-corrected chi connectivity index (χ4v) is 3.93. The van der Waals surface area contributed by atoms with Gasteiger partial charge in [-0.3, -0.25) is 14.9 Å². The van der Waals surface area contributed by atoms with Crippen LogP contribution in [-0.2, 0) is 16.0 Å². The Labute approximate surface area is 169 Å². The highest BCUT2D eigenvalue weighted by Crippen LogP contribution is 2.24. The molecule has 1 aromatic carbocycles. The number of carbonyl (C=O) groups is 2. The Morgan fingerprint density at radius 3 is 2.78 bits per heavy atom. The number of nitrogens with one attached hydrogen (secondary N) is 1. The first kappa shape index (κ1) is 19.3. The van der Waals surface area contributed by atoms with Gasteiger partial charge in [0.05, 0.1) is 24.8 Å². The van der Waals surface area contributed by atoms with E-state index in [-0.39, 0.29) is 18.3 Å². The molecule has 0 fully saturated rings. The minimum atomic E-state index is -0.365. The summed E-state index contributed by atoms with van der Waals surface area (Å²) in [5.74, 6) is -0.598. The molecule has 1 N–H and O–H groups in total. The van der Waals surface area contributed by atoms with Gasteiger partial charge in [-0.15, -0.1) is 11.3 Å². The van der Waals surface area contributed by atoms with Crippen LogP contribution in [0.15, 0.2) is 40.2 Å². The number of aromatic nitrogens is 2. The van der Waals surface area contributed by atoms with Crippen LogP contribution < -0.4 is 5.32 Å². The number of esters is 1. The van der Waals surface area contributed by atoms with Crippen molar-refractivity contribution < 1.29 is 14.3 Å². The molecule has 0 saturated heterocycles. The summed E-state index contributed by atoms with van der Waals surface area (Å²) in [6.07, 6.45) is 0.0836. The van der Waals surface area contributed by atoms with E-state index in [0.29, 0.717) is 16.4 Å². The van der Waals surface area contributed by atoms with Crippen LogP contribution in [0.3, 0.4) is 0 Å². The summed E-state index contributed by atoms with van der Waals surface area (Å²) in [4.78, 5) is 28.3. The molecule has 3 aromatic rings. The summed E-state index contributed by atoms with van der Waals surface area (Å²) in [5, 5.41) is 4.99. The lowest BCUT2D eigenvalue weighted by Gasteiger charge is -2.10. The topological polar surface area (TPSA) is 73.2 Å². The second kappa shape index (κ2) is 8.06. The van der Waals surface area contributed by atoms with Gasteiger partial charge in [0.25, 0.3) is 5.91 Å². The number of carbonyl (C=O) groups excluding carboxylic acids is 2. The number of amides is 1. The molecule has 0 atom stereocenters. The van der Waals surface area contributed by atoms with Crippen molar-refractivity contribution in [3.8, 4) is 5.69 Å². The molecular weight excluding hydrogens is 430 g/mol. The van der Waals surface area contributed by atoms with Crippen LogP contribution in [0.5, 0.6) is 0 Å². The first-order chi connectivity index (χ1) is 12.9. The summed E-state index contributed by atoms with van der Waals surface area (Å²) in [6, 6.07) is 9.76. The summed E-state index contributed by atoms with van der Waals surface area (Å²) < 4.78 is 7.63. The quantitative estimate of drug-likeness (QED) is 0.592. The maximum Gasteiger partial charge on any atom is 0.311 e. The predicted molar refractivity (Wildman–Crippen MR) is 109 cm³/mol. The van der Waals surface area contributed by atoms with Crippen molar-refractivity contribution in [2.75, 3.05) is 12.4 Å². The smallest absolute Gasteiger partial charge is 0.311 e. The Balaban J connectivity index is 1.82. The lowest BCUT2D eigenvalue weighted by atomic mass is 10.2. The van der Waals surface area contributed by atoms with E-state index in [1.807, 2.05) is 48.7 Å². The van der Waals surface area contributed by atoms with Crippen LogP contribution in [0.4, 0.5) is 5.13 Å². The van der Waals surface area contributed by atoms with Gasteiger partial charge in [0, 0.05) is 26.9 Å². The van der Waals surface area contributed by atoms with Crippen molar-refractivity contribution in [2.45, 2.75) is 20.3 Å². The minimum absolute atomic E-state index is 0.0836. The van der Waals surface area contributed by atoms with E-state index in [1.165, 1.54) is 18.4 Å². The van der Waals surface area contributed by atoms with Gasteiger partial charge >= 0.3 is 5.97 Å². The Kier molecular flexibility index (Phi) is 5.76. The SMILES string of the molecule is COC(=O)Cc1csc(NC(=O)c2cc(C)n(-c3cccc(Br)c3)c2C)n1. The number of ether oxygens (including phenoxy) is 1. The highest BCUT2D eigenvalue weighted by atomic mass is 79.9. The third-order valence-electron chi connectivity index (χ3n) is 4.07. The summed E-state index contributed by atoms with van der Waals surface area (Å²) in [7, 11) is 1.33. The second-order valence-corrected chi connectivity index (χ2v) is 7.72. The van der Waals surface area contributed by atoms with Crippen molar-refractivity contribution in [2.24, 2.45) is 0 Å². The number of methoxy groups -OCH3 is 1. The molecule has 0 aliphatic carbocycles. The summed E-state index contributed by atoms with van der Waals surface area (Å²) in [5.41, 5.74) is 3.93. The number of hydrogen-bond donors (Lipinski definition) is 1. The van der Waals surface area contributed by atoms with Crippen molar-refractivity contribution in [1.29, 1.82) is 0 Å². The molecule has 2 heterocycles. The van der Waals surface area contributed by atoms with E-state index in [1.54, 1.807) is 5.38 Å². The maximum atomic E-state index is 12.7. The fourth-order valence-electron chi connectivity index (χ4n) is 2.84. The molecule has 0 unspecified atom stereocenters. The van der Waals surface area contributed by atoms with Crippen molar-refractivity contribution in [3.63, 3.8) is 0 Å². The molecule has 0 bridgehead atoms. The molecule has 0 saturated carbocycles. The largest absolute Gasteiger partial charge is 0.469 e. The number of thiazole rings is 1. The maximum absolute atomic E-state index is 12.7. The molecule has 0 aliphatic rings. The number of benzene rings is 1. The highest BCUT2D eigenvalue weighted by molar-refractivity contribution is 9.10. The average molecular weight is 448 g/mol. The second-order valence-electron chi connectivity index (χ2n) is 5.95. The van der Waals surface area contributed by atoms with Crippen LogP contribution in [0, 0.1) is 13.8 Å². The molecule has 2 aromatic heterocycles. The molecule has 6 nitrogen and oxygen atoms in total. The Morgan fingerprint density at radius 1 is 1.30 bits per heavy atom. The molecule has 0 radical (unpaired) electrons. The number of rotatable bonds is 5. The van der Waals surface area contributed by atoms with Gasteiger partial charge in [0.2, 0.25) is 0 Å². The van der Waals surface area contributed by atoms with Crippen LogP contribution >= 0.6 is 27.3 Å². The van der Waals surface area contributed by atoms with Crippen molar-refractivity contribution in [1.82, 2.24) is 9.55 Å². The van der Waals surface area contributed by atoms with Crippen LogP contribution in [-0.4, -0.2) is 28.5 Å². The van der Waals surface area contributed by atoms with E-state index in [0.717, 1.165) is 21.5 Å². The molecule has 140 valence electrons. The van der Waals surface area contributed by atoms with Crippen LogP contribution in [0.1, 0.15) is 27.4 Å². The molecular formula is C19H18BrN3O3S. The number of nitrogens with zero attached hydrogens (tertiary/aromatic N) is 2. The van der Waals surface area contributed by atoms with Gasteiger partial charge < -0.3 is 9.30 Å². The monoisotopic (exact) mass is 447 g/mol. The first-order valence-electron chi connectivity index (χ1n) is 8.16. The number of aryl methyl sites for hydroxylation is 1. The number of anilines is 1. The third-order valence-corrected chi connectivity index (χ3v) is 5.37. The third kappa shape index (κ3) is 4.28. The Morgan fingerprint density at radius 2 is 2.07 bits per heavy atom. The van der Waals surface area contributed by atoms with E-state index in [2.05, 4.69) is 31.0 Å². The molecule has 27 heavy (non-hydrogen) atoms. The van der Waals surface area contributed by atoms with Gasteiger partial charge in [-0.1, -0.05) is 22.0 Å². The van der Waals surface area contributed by atoms with Gasteiger partial charge in [0.1, 0.15) is 0 Å². The standard InChI is InChI=1S/C19H18BrN3O3S/c1-11-7-16(12(2)23(11)15-6-4-5-13(20)8-15)18(25)22-19-21-14(10-27-19)9-17(24)26-3/h4-8,10H,9H2,1-3H3,(H,21,22,25). The lowest BCUT2D eigenvalue weighted by Crippen LogP contribution is -2.13. The van der Waals surface area contributed by atoms with Crippen LogP contribution in [0.2, 0.25) is 0 Å². The molecule has 3 rings (SSSR count). The molecule has 0 spiro atoms.